The van der Waals surface area contributed by atoms with Crippen LogP contribution in [0.2, 0.25) is 0 Å². The van der Waals surface area contributed by atoms with Gasteiger partial charge < -0.3 is 20.5 Å². The third-order valence-electron chi connectivity index (χ3n) is 3.69. The maximum Gasteiger partial charge on any atom is 0.165 e. The van der Waals surface area contributed by atoms with E-state index in [1.807, 2.05) is 4.57 Å². The number of nitrogens with two attached hydrogens (primary N) is 1. The fourth-order valence-electron chi connectivity index (χ4n) is 2.55. The van der Waals surface area contributed by atoms with E-state index in [-0.39, 0.29) is 19.3 Å². The number of unbranched alkanes of at least 4 members (excludes halogenated alkanes) is 3. The van der Waals surface area contributed by atoms with Gasteiger partial charge in [0, 0.05) is 19.3 Å². The van der Waals surface area contributed by atoms with Crippen molar-refractivity contribution in [1.82, 2.24) is 19.5 Å². The van der Waals surface area contributed by atoms with E-state index in [0.29, 0.717) is 17.8 Å². The molecule has 0 aliphatic heterocycles. The molecule has 0 aromatic carbocycles. The number of aliphatic hydroxyl groups is 2. The maximum atomic E-state index is 9.28. The van der Waals surface area contributed by atoms with Crippen molar-refractivity contribution in [2.75, 3.05) is 18.9 Å². The predicted octanol–water partition coefficient (Wildman–Crippen LogP) is 1.27. The van der Waals surface area contributed by atoms with Crippen molar-refractivity contribution < 1.29 is 10.2 Å². The zero-order valence-corrected chi connectivity index (χ0v) is 12.1. The van der Waals surface area contributed by atoms with Crippen LogP contribution >= 0.6 is 0 Å². The van der Waals surface area contributed by atoms with Crippen LogP contribution in [0.1, 0.15) is 44.6 Å². The molecule has 0 bridgehead atoms. The maximum absolute atomic E-state index is 9.28. The quantitative estimate of drug-likeness (QED) is 0.601. The standard InChI is InChI=1S/C14H23N5O2/c15-13-12-14(17-9-16-13)19(10-18-12)11(6-8-21)5-3-1-2-4-7-20/h9-11,20-21H,1-8H2,(H2,15,16,17)/t11-/m1/s1. The number of hydrogen-bond acceptors (Lipinski definition) is 6. The van der Waals surface area contributed by atoms with Gasteiger partial charge >= 0.3 is 0 Å². The van der Waals surface area contributed by atoms with E-state index in [0.717, 1.165) is 37.8 Å². The Bertz CT molecular complexity index is 557. The normalized spacial score (nSPS) is 12.9. The molecule has 2 rings (SSSR count). The molecule has 21 heavy (non-hydrogen) atoms. The summed E-state index contributed by atoms with van der Waals surface area (Å²) in [6.07, 6.45) is 8.77. The largest absolute Gasteiger partial charge is 0.396 e. The van der Waals surface area contributed by atoms with Gasteiger partial charge in [-0.05, 0) is 19.3 Å². The molecule has 7 nitrogen and oxygen atoms in total. The molecule has 0 spiro atoms. The van der Waals surface area contributed by atoms with Crippen molar-refractivity contribution in [3.8, 4) is 0 Å². The highest BCUT2D eigenvalue weighted by molar-refractivity contribution is 5.81. The van der Waals surface area contributed by atoms with Crippen molar-refractivity contribution in [2.45, 2.75) is 44.6 Å². The van der Waals surface area contributed by atoms with Gasteiger partial charge in [0.05, 0.1) is 6.33 Å². The molecule has 116 valence electrons. The van der Waals surface area contributed by atoms with Crippen LogP contribution in [0.5, 0.6) is 0 Å². The number of nitrogen functional groups attached to an aromatic ring is 1. The van der Waals surface area contributed by atoms with E-state index in [4.69, 9.17) is 10.8 Å². The molecule has 0 unspecified atom stereocenters. The molecule has 0 aliphatic carbocycles. The Hall–Kier alpha value is -1.73. The second kappa shape index (κ2) is 7.90. The topological polar surface area (TPSA) is 110 Å². The van der Waals surface area contributed by atoms with E-state index in [1.165, 1.54) is 6.33 Å². The van der Waals surface area contributed by atoms with E-state index in [2.05, 4.69) is 15.0 Å². The Morgan fingerprint density at radius 2 is 1.81 bits per heavy atom. The first-order valence-electron chi connectivity index (χ1n) is 7.42. The molecular formula is C14H23N5O2. The third-order valence-corrected chi connectivity index (χ3v) is 3.69. The molecule has 0 fully saturated rings. The van der Waals surface area contributed by atoms with Gasteiger partial charge in [0.1, 0.15) is 11.8 Å². The summed E-state index contributed by atoms with van der Waals surface area (Å²) in [6, 6.07) is 0.156. The summed E-state index contributed by atoms with van der Waals surface area (Å²) in [7, 11) is 0. The van der Waals surface area contributed by atoms with Crippen molar-refractivity contribution in [3.63, 3.8) is 0 Å². The highest BCUT2D eigenvalue weighted by atomic mass is 16.3. The Labute approximate surface area is 123 Å². The molecule has 7 heteroatoms. The smallest absolute Gasteiger partial charge is 0.165 e. The minimum Gasteiger partial charge on any atom is -0.396 e. The molecule has 2 aromatic heterocycles. The number of fused-ring (bicyclic) bond motifs is 1. The zero-order valence-electron chi connectivity index (χ0n) is 12.1. The van der Waals surface area contributed by atoms with Crippen LogP contribution in [0.15, 0.2) is 12.7 Å². The molecular weight excluding hydrogens is 270 g/mol. The predicted molar refractivity (Wildman–Crippen MR) is 80.6 cm³/mol. The molecule has 0 saturated heterocycles. The summed E-state index contributed by atoms with van der Waals surface area (Å²) < 4.78 is 1.98. The highest BCUT2D eigenvalue weighted by Gasteiger charge is 2.16. The molecule has 0 amide bonds. The van der Waals surface area contributed by atoms with Gasteiger partial charge in [-0.25, -0.2) is 15.0 Å². The van der Waals surface area contributed by atoms with Crippen molar-refractivity contribution in [3.05, 3.63) is 12.7 Å². The highest BCUT2D eigenvalue weighted by Crippen LogP contribution is 2.25. The SMILES string of the molecule is Nc1ncnc2c1ncn2[C@@H](CCO)CCCCCCO. The number of anilines is 1. The minimum absolute atomic E-state index is 0.127. The molecule has 1 atom stereocenters. The third kappa shape index (κ3) is 3.89. The van der Waals surface area contributed by atoms with Gasteiger partial charge in [0.2, 0.25) is 0 Å². The van der Waals surface area contributed by atoms with Gasteiger partial charge in [-0.2, -0.15) is 0 Å². The summed E-state index contributed by atoms with van der Waals surface area (Å²) in [4.78, 5) is 12.5. The second-order valence-corrected chi connectivity index (χ2v) is 5.18. The van der Waals surface area contributed by atoms with E-state index >= 15 is 0 Å². The first-order chi connectivity index (χ1) is 10.3. The lowest BCUT2D eigenvalue weighted by atomic mass is 10.0. The van der Waals surface area contributed by atoms with Gasteiger partial charge in [-0.15, -0.1) is 0 Å². The fraction of sp³-hybridized carbons (Fsp3) is 0.643. The first-order valence-corrected chi connectivity index (χ1v) is 7.42. The molecule has 2 heterocycles. The summed E-state index contributed by atoms with van der Waals surface area (Å²) in [5.74, 6) is 0.379. The van der Waals surface area contributed by atoms with Gasteiger partial charge in [-0.3, -0.25) is 0 Å². The van der Waals surface area contributed by atoms with Gasteiger partial charge in [0.15, 0.2) is 11.5 Å². The van der Waals surface area contributed by atoms with Crippen LogP contribution in [-0.4, -0.2) is 42.9 Å². The lowest BCUT2D eigenvalue weighted by molar-refractivity contribution is 0.250. The van der Waals surface area contributed by atoms with Crippen LogP contribution in [0.4, 0.5) is 5.82 Å². The number of rotatable bonds is 9. The number of nitrogens with zero attached hydrogens (tertiary/aromatic N) is 4. The zero-order chi connectivity index (χ0) is 15.1. The summed E-state index contributed by atoms with van der Waals surface area (Å²) in [5.41, 5.74) is 7.13. The lowest BCUT2D eigenvalue weighted by Crippen LogP contribution is -2.11. The van der Waals surface area contributed by atoms with Crippen LogP contribution in [0.3, 0.4) is 0 Å². The van der Waals surface area contributed by atoms with E-state index in [1.54, 1.807) is 6.33 Å². The van der Waals surface area contributed by atoms with Gasteiger partial charge in [-0.1, -0.05) is 19.3 Å². The van der Waals surface area contributed by atoms with Crippen LogP contribution in [0, 0.1) is 0 Å². The number of aliphatic hydroxyl groups excluding tert-OH is 2. The average molecular weight is 293 g/mol. The first kappa shape index (κ1) is 15.7. The minimum atomic E-state index is 0.127. The Balaban J connectivity index is 2.07. The lowest BCUT2D eigenvalue weighted by Gasteiger charge is -2.18. The van der Waals surface area contributed by atoms with Crippen molar-refractivity contribution in [2.24, 2.45) is 0 Å². The van der Waals surface area contributed by atoms with Crippen LogP contribution < -0.4 is 5.73 Å². The molecule has 0 saturated carbocycles. The molecule has 2 aromatic rings. The second-order valence-electron chi connectivity index (χ2n) is 5.18. The van der Waals surface area contributed by atoms with Gasteiger partial charge in [0.25, 0.3) is 0 Å². The number of imidazole rings is 1. The van der Waals surface area contributed by atoms with E-state index < -0.39 is 0 Å². The Morgan fingerprint density at radius 3 is 2.57 bits per heavy atom. The molecule has 0 radical (unpaired) electrons. The Morgan fingerprint density at radius 1 is 1.00 bits per heavy atom. The summed E-state index contributed by atoms with van der Waals surface area (Å²) in [5, 5.41) is 18.1. The Kier molecular flexibility index (Phi) is 5.89. The molecule has 0 aliphatic rings. The average Bonchev–Trinajstić information content (AvgIpc) is 2.91. The van der Waals surface area contributed by atoms with Crippen LogP contribution in [-0.2, 0) is 0 Å². The summed E-state index contributed by atoms with van der Waals surface area (Å²) in [6.45, 7) is 0.379. The van der Waals surface area contributed by atoms with Crippen molar-refractivity contribution in [1.29, 1.82) is 0 Å². The fourth-order valence-corrected chi connectivity index (χ4v) is 2.55. The monoisotopic (exact) mass is 293 g/mol. The summed E-state index contributed by atoms with van der Waals surface area (Å²) >= 11 is 0. The number of aromatic nitrogens is 4. The van der Waals surface area contributed by atoms with Crippen LogP contribution in [0.25, 0.3) is 11.2 Å². The molecule has 4 N–H and O–H groups in total. The van der Waals surface area contributed by atoms with E-state index in [9.17, 15) is 5.11 Å². The number of hydrogen-bond donors (Lipinski definition) is 3. The van der Waals surface area contributed by atoms with Crippen molar-refractivity contribution >= 4 is 17.0 Å².